The van der Waals surface area contributed by atoms with Crippen molar-refractivity contribution < 1.29 is 19.0 Å². The van der Waals surface area contributed by atoms with Crippen LogP contribution in [0.25, 0.3) is 0 Å². The van der Waals surface area contributed by atoms with E-state index in [1.54, 1.807) is 14.2 Å². The summed E-state index contributed by atoms with van der Waals surface area (Å²) in [6.45, 7) is 1.19. The first-order chi connectivity index (χ1) is 13.1. The smallest absolute Gasteiger partial charge is 0.242 e. The van der Waals surface area contributed by atoms with E-state index in [0.717, 1.165) is 22.6 Å². The third-order valence-corrected chi connectivity index (χ3v) is 4.74. The average molecular weight is 370 g/mol. The summed E-state index contributed by atoms with van der Waals surface area (Å²) in [5, 5.41) is 0. The molecule has 1 aliphatic heterocycles. The van der Waals surface area contributed by atoms with Gasteiger partial charge in [-0.25, -0.2) is 0 Å². The monoisotopic (exact) mass is 370 g/mol. The first-order valence-electron chi connectivity index (χ1n) is 9.03. The van der Waals surface area contributed by atoms with Gasteiger partial charge in [0.2, 0.25) is 5.91 Å². The van der Waals surface area contributed by atoms with Gasteiger partial charge in [-0.15, -0.1) is 0 Å². The fourth-order valence-corrected chi connectivity index (χ4v) is 3.39. The van der Waals surface area contributed by atoms with Crippen LogP contribution in [0.15, 0.2) is 48.5 Å². The Morgan fingerprint density at radius 1 is 1.26 bits per heavy atom. The molecular formula is C21H26N2O4. The first kappa shape index (κ1) is 19.2. The Bertz CT molecular complexity index is 766. The van der Waals surface area contributed by atoms with E-state index < -0.39 is 6.04 Å². The summed E-state index contributed by atoms with van der Waals surface area (Å²) >= 11 is 0. The minimum absolute atomic E-state index is 0.138. The fourth-order valence-electron chi connectivity index (χ4n) is 3.39. The lowest BCUT2D eigenvalue weighted by Gasteiger charge is -2.37. The number of hydrogen-bond donors (Lipinski definition) is 1. The Labute approximate surface area is 159 Å². The number of fused-ring (bicyclic) bond motifs is 1. The minimum atomic E-state index is -0.712. The molecule has 0 spiro atoms. The third-order valence-electron chi connectivity index (χ3n) is 4.74. The van der Waals surface area contributed by atoms with Crippen LogP contribution in [0.1, 0.15) is 23.6 Å². The lowest BCUT2D eigenvalue weighted by atomic mass is 9.97. The van der Waals surface area contributed by atoms with Crippen molar-refractivity contribution in [1.82, 2.24) is 4.90 Å². The second kappa shape index (κ2) is 8.88. The van der Waals surface area contributed by atoms with Crippen LogP contribution in [0.3, 0.4) is 0 Å². The number of nitrogens with zero attached hydrogens (tertiary/aromatic N) is 1. The number of methoxy groups -OCH3 is 2. The van der Waals surface area contributed by atoms with Gasteiger partial charge in [-0.3, -0.25) is 4.79 Å². The molecule has 1 amide bonds. The van der Waals surface area contributed by atoms with Crippen LogP contribution in [0.2, 0.25) is 0 Å². The van der Waals surface area contributed by atoms with Gasteiger partial charge in [0.15, 0.2) is 0 Å². The van der Waals surface area contributed by atoms with Crippen LogP contribution in [0, 0.1) is 0 Å². The number of hydrogen-bond acceptors (Lipinski definition) is 5. The van der Waals surface area contributed by atoms with Crippen LogP contribution in [-0.4, -0.2) is 44.3 Å². The Kier molecular flexibility index (Phi) is 6.32. The fraction of sp³-hybridized carbons (Fsp3) is 0.381. The van der Waals surface area contributed by atoms with Crippen molar-refractivity contribution in [2.24, 2.45) is 5.73 Å². The second-order valence-electron chi connectivity index (χ2n) is 6.57. The molecule has 144 valence electrons. The summed E-state index contributed by atoms with van der Waals surface area (Å²) in [6.07, 6.45) is 0.693. The highest BCUT2D eigenvalue weighted by Crippen LogP contribution is 2.39. The number of nitrogens with two attached hydrogens (primary N) is 1. The summed E-state index contributed by atoms with van der Waals surface area (Å²) in [5.41, 5.74) is 8.08. The molecule has 0 saturated carbocycles. The SMILES string of the molecule is COCC(N)C(=O)N(Cc1ccccc1)C1CCOc2ccc(OC)cc21. The van der Waals surface area contributed by atoms with Crippen molar-refractivity contribution in [1.29, 1.82) is 0 Å². The highest BCUT2D eigenvalue weighted by molar-refractivity contribution is 5.82. The van der Waals surface area contributed by atoms with Crippen LogP contribution >= 0.6 is 0 Å². The van der Waals surface area contributed by atoms with E-state index in [9.17, 15) is 4.79 Å². The molecule has 2 unspecified atom stereocenters. The van der Waals surface area contributed by atoms with Crippen molar-refractivity contribution in [2.75, 3.05) is 27.4 Å². The van der Waals surface area contributed by atoms with Crippen molar-refractivity contribution in [3.8, 4) is 11.5 Å². The molecule has 2 aromatic rings. The largest absolute Gasteiger partial charge is 0.497 e. The number of amides is 1. The highest BCUT2D eigenvalue weighted by Gasteiger charge is 2.33. The molecule has 1 aliphatic rings. The molecule has 0 radical (unpaired) electrons. The average Bonchev–Trinajstić information content (AvgIpc) is 2.71. The molecule has 6 nitrogen and oxygen atoms in total. The van der Waals surface area contributed by atoms with Crippen LogP contribution in [-0.2, 0) is 16.1 Å². The molecule has 6 heteroatoms. The minimum Gasteiger partial charge on any atom is -0.497 e. The zero-order valence-electron chi connectivity index (χ0n) is 15.8. The number of carbonyl (C=O) groups excluding carboxylic acids is 1. The number of rotatable bonds is 7. The molecule has 1 heterocycles. The van der Waals surface area contributed by atoms with E-state index >= 15 is 0 Å². The molecule has 0 aromatic heterocycles. The van der Waals surface area contributed by atoms with Gasteiger partial charge in [-0.1, -0.05) is 30.3 Å². The quantitative estimate of drug-likeness (QED) is 0.811. The van der Waals surface area contributed by atoms with Gasteiger partial charge in [0.1, 0.15) is 17.5 Å². The molecule has 3 rings (SSSR count). The maximum absolute atomic E-state index is 13.1. The van der Waals surface area contributed by atoms with Crippen molar-refractivity contribution in [3.05, 3.63) is 59.7 Å². The van der Waals surface area contributed by atoms with Gasteiger partial charge in [0.05, 0.1) is 26.4 Å². The Hall–Kier alpha value is -2.57. The van der Waals surface area contributed by atoms with E-state index in [1.807, 2.05) is 53.4 Å². The van der Waals surface area contributed by atoms with Crippen molar-refractivity contribution >= 4 is 5.91 Å². The Balaban J connectivity index is 1.96. The molecule has 27 heavy (non-hydrogen) atoms. The van der Waals surface area contributed by atoms with E-state index in [-0.39, 0.29) is 18.6 Å². The zero-order chi connectivity index (χ0) is 19.2. The lowest BCUT2D eigenvalue weighted by molar-refractivity contribution is -0.137. The maximum Gasteiger partial charge on any atom is 0.242 e. The predicted molar refractivity (Wildman–Crippen MR) is 103 cm³/mol. The Morgan fingerprint density at radius 3 is 2.74 bits per heavy atom. The molecule has 0 saturated heterocycles. The molecule has 0 fully saturated rings. The van der Waals surface area contributed by atoms with Gasteiger partial charge in [-0.05, 0) is 23.8 Å². The van der Waals surface area contributed by atoms with Crippen LogP contribution in [0.5, 0.6) is 11.5 Å². The predicted octanol–water partition coefficient (Wildman–Crippen LogP) is 2.52. The molecule has 2 aromatic carbocycles. The standard InChI is InChI=1S/C21H26N2O4/c1-25-14-18(22)21(24)23(13-15-6-4-3-5-7-15)19-10-11-27-20-9-8-16(26-2)12-17(19)20/h3-9,12,18-19H,10-11,13-14,22H2,1-2H3. The van der Waals surface area contributed by atoms with E-state index in [0.29, 0.717) is 19.6 Å². The molecule has 0 aliphatic carbocycles. The van der Waals surface area contributed by atoms with Gasteiger partial charge >= 0.3 is 0 Å². The summed E-state index contributed by atoms with van der Waals surface area (Å²) in [6, 6.07) is 14.7. The van der Waals surface area contributed by atoms with E-state index in [4.69, 9.17) is 19.9 Å². The number of carbonyl (C=O) groups is 1. The topological polar surface area (TPSA) is 74.0 Å². The normalized spacial score (nSPS) is 16.8. The summed E-state index contributed by atoms with van der Waals surface area (Å²) in [5.74, 6) is 1.37. The Morgan fingerprint density at radius 2 is 2.04 bits per heavy atom. The highest BCUT2D eigenvalue weighted by atomic mass is 16.5. The van der Waals surface area contributed by atoms with Gasteiger partial charge in [0.25, 0.3) is 0 Å². The number of benzene rings is 2. The molecular weight excluding hydrogens is 344 g/mol. The van der Waals surface area contributed by atoms with E-state index in [1.165, 1.54) is 0 Å². The summed E-state index contributed by atoms with van der Waals surface area (Å²) < 4.78 is 16.3. The van der Waals surface area contributed by atoms with Crippen molar-refractivity contribution in [3.63, 3.8) is 0 Å². The first-order valence-corrected chi connectivity index (χ1v) is 9.03. The maximum atomic E-state index is 13.1. The van der Waals surface area contributed by atoms with Crippen LogP contribution in [0.4, 0.5) is 0 Å². The number of ether oxygens (including phenoxy) is 3. The summed E-state index contributed by atoms with van der Waals surface area (Å²) in [4.78, 5) is 15.0. The second-order valence-corrected chi connectivity index (χ2v) is 6.57. The third kappa shape index (κ3) is 4.40. The summed E-state index contributed by atoms with van der Waals surface area (Å²) in [7, 11) is 3.17. The van der Waals surface area contributed by atoms with Gasteiger partial charge < -0.3 is 24.8 Å². The molecule has 2 atom stereocenters. The van der Waals surface area contributed by atoms with Gasteiger partial charge in [-0.2, -0.15) is 0 Å². The molecule has 2 N–H and O–H groups in total. The molecule has 0 bridgehead atoms. The van der Waals surface area contributed by atoms with Crippen molar-refractivity contribution in [2.45, 2.75) is 25.0 Å². The zero-order valence-corrected chi connectivity index (χ0v) is 15.8. The van der Waals surface area contributed by atoms with E-state index in [2.05, 4.69) is 0 Å². The van der Waals surface area contributed by atoms with Crippen LogP contribution < -0.4 is 15.2 Å². The lowest BCUT2D eigenvalue weighted by Crippen LogP contribution is -2.48. The van der Waals surface area contributed by atoms with Gasteiger partial charge in [0, 0.05) is 25.6 Å².